The van der Waals surface area contributed by atoms with Crippen molar-refractivity contribution in [2.75, 3.05) is 27.4 Å². The predicted octanol–water partition coefficient (Wildman–Crippen LogP) is -6.58. The topological polar surface area (TPSA) is 345 Å². The lowest BCUT2D eigenvalue weighted by Gasteiger charge is -2.46. The van der Waals surface area contributed by atoms with E-state index < -0.39 is 159 Å². The van der Waals surface area contributed by atoms with Gasteiger partial charge in [0.2, 0.25) is 18.9 Å². The predicted molar refractivity (Wildman–Crippen MR) is 171 cm³/mol. The number of hydrogen-bond acceptors (Lipinski definition) is 23. The molecule has 2 saturated carbocycles. The van der Waals surface area contributed by atoms with E-state index in [0.29, 0.717) is 0 Å². The Bertz CT molecular complexity index is 1650. The van der Waals surface area contributed by atoms with Crippen LogP contribution in [-0.4, -0.2) is 201 Å². The summed E-state index contributed by atoms with van der Waals surface area (Å²) in [5.74, 6) is -5.94. The number of hydrogen-bond donors (Lipinski definition) is 10. The number of epoxide rings is 2. The highest BCUT2D eigenvalue weighted by atomic mass is 16.8. The zero-order chi connectivity index (χ0) is 40.8. The van der Waals surface area contributed by atoms with Gasteiger partial charge in [-0.1, -0.05) is 0 Å². The van der Waals surface area contributed by atoms with E-state index >= 15 is 0 Å². The first-order valence-electron chi connectivity index (χ1n) is 18.1. The summed E-state index contributed by atoms with van der Waals surface area (Å²) in [6, 6.07) is 0. The first-order valence-corrected chi connectivity index (χ1v) is 18.1. The van der Waals surface area contributed by atoms with Crippen molar-refractivity contribution in [3.63, 3.8) is 0 Å². The van der Waals surface area contributed by atoms with Gasteiger partial charge in [-0.05, 0) is 0 Å². The van der Waals surface area contributed by atoms with Crippen LogP contribution in [0.4, 0.5) is 0 Å². The molecule has 6 aliphatic heterocycles. The maximum absolute atomic E-state index is 12.9. The Morgan fingerprint density at radius 1 is 0.702 bits per heavy atom. The maximum Gasteiger partial charge on any atom is 0.337 e. The Labute approximate surface area is 321 Å². The van der Waals surface area contributed by atoms with Gasteiger partial charge in [0.25, 0.3) is 0 Å². The standard InChI is InChI=1S/C34H44O23/c1-47-27(43)9-6-49-29(56-31-21(41)19(39)17(37)11(3-35)52-31)14-8(23-24(54-23)13(9)14)5-51-33(45)34(46)16-15(25-26(34)55-25)10(28(44)48-2)7-50-30(16)57-32-22(42)20(40)18(38)12(4-36)53-32/h5-7,11-26,29-33,35-42,45-46H,3-4H2,1-2H3/b8-5-/t11-,12-,13+,14+,15+,16-,17-,18-,19+,20+,21-,22-,23+,24-,25-,26-,29-,30-,31+,32+,33+,34+/m0/s1. The smallest absolute Gasteiger partial charge is 0.337 e. The van der Waals surface area contributed by atoms with Gasteiger partial charge in [-0.3, -0.25) is 0 Å². The van der Waals surface area contributed by atoms with Gasteiger partial charge in [-0.25, -0.2) is 9.59 Å². The summed E-state index contributed by atoms with van der Waals surface area (Å²) in [4.78, 5) is 25.7. The molecule has 0 unspecified atom stereocenters. The highest BCUT2D eigenvalue weighted by molar-refractivity contribution is 5.90. The largest absolute Gasteiger partial charge is 0.471 e. The number of aliphatic hydroxyl groups excluding tert-OH is 9. The molecule has 0 amide bonds. The van der Waals surface area contributed by atoms with Crippen LogP contribution in [0.15, 0.2) is 35.5 Å². The van der Waals surface area contributed by atoms with Gasteiger partial charge in [-0.2, -0.15) is 0 Å². The third-order valence-electron chi connectivity index (χ3n) is 12.0. The summed E-state index contributed by atoms with van der Waals surface area (Å²) in [5.41, 5.74) is -2.31. The molecule has 6 fully saturated rings. The molecular weight excluding hydrogens is 776 g/mol. The van der Waals surface area contributed by atoms with E-state index in [9.17, 15) is 60.7 Å². The fraction of sp³-hybridized carbons (Fsp3) is 0.765. The third-order valence-corrected chi connectivity index (χ3v) is 12.0. The number of esters is 2. The van der Waals surface area contributed by atoms with E-state index in [4.69, 9.17) is 52.1 Å². The lowest BCUT2D eigenvalue weighted by Crippen LogP contribution is -2.62. The minimum absolute atomic E-state index is 0.0359. The van der Waals surface area contributed by atoms with Crippen molar-refractivity contribution in [3.05, 3.63) is 35.5 Å². The minimum atomic E-state index is -2.47. The van der Waals surface area contributed by atoms with E-state index in [1.807, 2.05) is 0 Å². The van der Waals surface area contributed by atoms with Crippen LogP contribution in [-0.2, 0) is 61.7 Å². The van der Waals surface area contributed by atoms with Gasteiger partial charge in [0.1, 0.15) is 61.0 Å². The second-order valence-corrected chi connectivity index (χ2v) is 14.9. The Kier molecular flexibility index (Phi) is 10.8. The van der Waals surface area contributed by atoms with Gasteiger partial charge < -0.3 is 103 Å². The van der Waals surface area contributed by atoms with Crippen LogP contribution in [0.5, 0.6) is 0 Å². The average Bonchev–Trinajstić information content (AvgIpc) is 4.14. The van der Waals surface area contributed by atoms with Gasteiger partial charge >= 0.3 is 11.9 Å². The van der Waals surface area contributed by atoms with Gasteiger partial charge in [0, 0.05) is 17.4 Å². The zero-order valence-electron chi connectivity index (χ0n) is 30.0. The van der Waals surface area contributed by atoms with Crippen molar-refractivity contribution in [1.29, 1.82) is 0 Å². The number of carbonyl (C=O) groups is 2. The van der Waals surface area contributed by atoms with Crippen molar-refractivity contribution in [2.45, 2.75) is 110 Å². The molecule has 23 nitrogen and oxygen atoms in total. The Balaban J connectivity index is 1.08. The van der Waals surface area contributed by atoms with Crippen LogP contribution in [0.3, 0.4) is 0 Å². The second kappa shape index (κ2) is 15.2. The average molecular weight is 821 g/mol. The van der Waals surface area contributed by atoms with E-state index in [1.165, 1.54) is 0 Å². The van der Waals surface area contributed by atoms with E-state index in [0.717, 1.165) is 33.0 Å². The molecule has 6 heterocycles. The number of rotatable bonds is 11. The van der Waals surface area contributed by atoms with Gasteiger partial charge in [0.15, 0.2) is 18.2 Å². The van der Waals surface area contributed by atoms with Crippen molar-refractivity contribution in [2.24, 2.45) is 23.7 Å². The maximum atomic E-state index is 12.9. The van der Waals surface area contributed by atoms with Crippen molar-refractivity contribution in [1.82, 2.24) is 0 Å². The molecule has 0 radical (unpaired) electrons. The van der Waals surface area contributed by atoms with Crippen LogP contribution in [0.25, 0.3) is 0 Å². The fourth-order valence-corrected chi connectivity index (χ4v) is 8.94. The molecule has 0 bridgehead atoms. The molecule has 0 aromatic carbocycles. The molecule has 0 aromatic heterocycles. The zero-order valence-corrected chi connectivity index (χ0v) is 30.0. The monoisotopic (exact) mass is 820 g/mol. The molecule has 0 aromatic rings. The number of methoxy groups -OCH3 is 2. The van der Waals surface area contributed by atoms with Crippen molar-refractivity contribution in [3.8, 4) is 0 Å². The molecule has 57 heavy (non-hydrogen) atoms. The molecule has 0 spiro atoms. The Morgan fingerprint density at radius 3 is 1.77 bits per heavy atom. The molecule has 4 saturated heterocycles. The molecular formula is C34H44O23. The highest BCUT2D eigenvalue weighted by Gasteiger charge is 2.78. The quantitative estimate of drug-likeness (QED) is 0.0401. The molecule has 8 rings (SSSR count). The van der Waals surface area contributed by atoms with E-state index in [1.54, 1.807) is 0 Å². The molecule has 22 atom stereocenters. The van der Waals surface area contributed by atoms with Crippen LogP contribution >= 0.6 is 0 Å². The van der Waals surface area contributed by atoms with E-state index in [-0.39, 0.29) is 16.7 Å². The van der Waals surface area contributed by atoms with Crippen LogP contribution in [0.2, 0.25) is 0 Å². The van der Waals surface area contributed by atoms with Crippen LogP contribution in [0, 0.1) is 23.7 Å². The van der Waals surface area contributed by atoms with Crippen molar-refractivity contribution >= 4 is 11.9 Å². The lowest BCUT2D eigenvalue weighted by molar-refractivity contribution is -0.356. The Morgan fingerprint density at radius 2 is 1.23 bits per heavy atom. The first-order chi connectivity index (χ1) is 27.2. The SMILES string of the molecule is COC(=O)C1=CO[C@@H](O[C@H]2O[C@@H](CO)[C@H](O)[C@@H](O)[C@@H]2O)[C@@H]2/C(=C/O[C@@H](O)[C@@]3(O)[C@@H]4[C@H](O[C@H]5O[C@@H](CO)[C@H](O)[C@@H](O)[C@@H]5O)OC=C(C(=O)OC)[C@H]4[C@@H]4O[C@@H]43)[C@H]3O[C@H]3[C@H]12. The van der Waals surface area contributed by atoms with Crippen LogP contribution in [0.1, 0.15) is 0 Å². The van der Waals surface area contributed by atoms with Crippen molar-refractivity contribution < 1.29 is 113 Å². The first kappa shape index (κ1) is 40.7. The summed E-state index contributed by atoms with van der Waals surface area (Å²) >= 11 is 0. The van der Waals surface area contributed by atoms with E-state index in [2.05, 4.69) is 0 Å². The lowest BCUT2D eigenvalue weighted by atomic mass is 9.78. The van der Waals surface area contributed by atoms with Gasteiger partial charge in [-0.15, -0.1) is 0 Å². The summed E-state index contributed by atoms with van der Waals surface area (Å²) < 4.78 is 61.5. The summed E-state index contributed by atoms with van der Waals surface area (Å²) in [5, 5.41) is 106. The Hall–Kier alpha value is -3.08. The summed E-state index contributed by atoms with van der Waals surface area (Å²) in [7, 11) is 2.26. The molecule has 8 aliphatic rings. The summed E-state index contributed by atoms with van der Waals surface area (Å²) in [6.07, 6.45) is -22.5. The number of carbonyl (C=O) groups excluding carboxylic acids is 2. The number of fused-ring (bicyclic) bond motifs is 6. The molecule has 23 heteroatoms. The molecule has 2 aliphatic carbocycles. The summed E-state index contributed by atoms with van der Waals surface area (Å²) in [6.45, 7) is -1.52. The third kappa shape index (κ3) is 6.44. The van der Waals surface area contributed by atoms with Crippen LogP contribution < -0.4 is 0 Å². The minimum Gasteiger partial charge on any atom is -0.471 e. The van der Waals surface area contributed by atoms with Gasteiger partial charge in [0.05, 0.1) is 81.4 Å². The fourth-order valence-electron chi connectivity index (χ4n) is 8.94. The number of aliphatic hydroxyl groups is 10. The normalized spacial score (nSPS) is 50.4. The molecule has 10 N–H and O–H groups in total. The molecule has 318 valence electrons. The highest BCUT2D eigenvalue weighted by Crippen LogP contribution is 2.61. The number of ether oxygens (including phenoxy) is 11. The second-order valence-electron chi connectivity index (χ2n) is 14.9.